The molecule has 0 amide bonds. The van der Waals surface area contributed by atoms with Gasteiger partial charge < -0.3 is 20.3 Å². The van der Waals surface area contributed by atoms with Gasteiger partial charge in [0.05, 0.1) is 13.2 Å². The quantitative estimate of drug-likeness (QED) is 0.559. The van der Waals surface area contributed by atoms with E-state index in [-0.39, 0.29) is 0 Å². The molecule has 154 valence electrons. The average molecular weight is 394 g/mol. The Hall–Kier alpha value is -2.76. The number of fused-ring (bicyclic) bond motifs is 1. The van der Waals surface area contributed by atoms with Crippen LogP contribution in [0.15, 0.2) is 41.5 Å². The summed E-state index contributed by atoms with van der Waals surface area (Å²) in [5.41, 5.74) is 3.86. The topological polar surface area (TPSA) is 61.8 Å². The molecule has 0 unspecified atom stereocenters. The molecule has 2 aliphatic heterocycles. The van der Waals surface area contributed by atoms with Gasteiger partial charge in [0, 0.05) is 38.8 Å². The van der Waals surface area contributed by atoms with Crippen LogP contribution in [0.2, 0.25) is 0 Å². The van der Waals surface area contributed by atoms with Gasteiger partial charge in [0.25, 0.3) is 0 Å². The Kier molecular flexibility index (Phi) is 6.49. The molecule has 1 saturated heterocycles. The number of rotatable bonds is 7. The van der Waals surface area contributed by atoms with Crippen LogP contribution in [0.5, 0.6) is 5.75 Å². The van der Waals surface area contributed by atoms with Crippen molar-refractivity contribution < 1.29 is 4.74 Å². The monoisotopic (exact) mass is 393 g/mol. The number of anilines is 1. The fraction of sp³-hybridized carbons (Fsp3) is 0.478. The van der Waals surface area contributed by atoms with E-state index >= 15 is 0 Å². The minimum atomic E-state index is 0.648. The number of hydrogen-bond donors (Lipinski definition) is 2. The first-order valence-electron chi connectivity index (χ1n) is 10.8. The van der Waals surface area contributed by atoms with E-state index < -0.39 is 0 Å². The normalized spacial score (nSPS) is 15.9. The Labute approximate surface area is 173 Å². The number of benzene rings is 1. The SMILES string of the molecule is CCNC(=NCc1ccnc(N2CCCC2)c1)NCCc1ccc2c(c1)CCO2. The number of ether oxygens (including phenoxy) is 1. The van der Waals surface area contributed by atoms with Crippen molar-refractivity contribution in [2.24, 2.45) is 4.99 Å². The van der Waals surface area contributed by atoms with E-state index in [0.29, 0.717) is 6.54 Å². The maximum absolute atomic E-state index is 5.59. The molecule has 3 heterocycles. The van der Waals surface area contributed by atoms with E-state index in [2.05, 4.69) is 57.8 Å². The van der Waals surface area contributed by atoms with Crippen LogP contribution in [0.25, 0.3) is 0 Å². The van der Waals surface area contributed by atoms with Gasteiger partial charge in [-0.2, -0.15) is 0 Å². The third-order valence-corrected chi connectivity index (χ3v) is 5.46. The molecule has 2 aromatic rings. The molecule has 4 rings (SSSR count). The molecule has 1 fully saturated rings. The van der Waals surface area contributed by atoms with Crippen molar-refractivity contribution in [2.75, 3.05) is 37.7 Å². The minimum Gasteiger partial charge on any atom is -0.493 e. The molecular weight excluding hydrogens is 362 g/mol. The van der Waals surface area contributed by atoms with E-state index in [1.165, 1.54) is 29.5 Å². The lowest BCUT2D eigenvalue weighted by molar-refractivity contribution is 0.357. The van der Waals surface area contributed by atoms with Gasteiger partial charge in [-0.25, -0.2) is 9.98 Å². The summed E-state index contributed by atoms with van der Waals surface area (Å²) < 4.78 is 5.59. The molecule has 0 saturated carbocycles. The van der Waals surface area contributed by atoms with Gasteiger partial charge in [0.2, 0.25) is 0 Å². The molecule has 1 aromatic carbocycles. The molecule has 0 radical (unpaired) electrons. The summed E-state index contributed by atoms with van der Waals surface area (Å²) in [4.78, 5) is 11.7. The number of nitrogens with zero attached hydrogens (tertiary/aromatic N) is 3. The number of nitrogens with one attached hydrogen (secondary N) is 2. The smallest absolute Gasteiger partial charge is 0.191 e. The van der Waals surface area contributed by atoms with Crippen LogP contribution < -0.4 is 20.3 Å². The van der Waals surface area contributed by atoms with E-state index in [9.17, 15) is 0 Å². The molecule has 0 aliphatic carbocycles. The maximum atomic E-state index is 5.59. The third kappa shape index (κ3) is 5.19. The summed E-state index contributed by atoms with van der Waals surface area (Å²) in [5.74, 6) is 2.98. The predicted molar refractivity (Wildman–Crippen MR) is 118 cm³/mol. The molecular formula is C23H31N5O. The van der Waals surface area contributed by atoms with Gasteiger partial charge in [0.1, 0.15) is 11.6 Å². The molecule has 0 spiro atoms. The molecule has 2 aliphatic rings. The lowest BCUT2D eigenvalue weighted by atomic mass is 10.1. The average Bonchev–Trinajstić information content (AvgIpc) is 3.44. The number of aliphatic imine (C=N–C) groups is 1. The first-order valence-corrected chi connectivity index (χ1v) is 10.8. The van der Waals surface area contributed by atoms with E-state index in [0.717, 1.165) is 63.2 Å². The van der Waals surface area contributed by atoms with Crippen LogP contribution in [0, 0.1) is 0 Å². The predicted octanol–water partition coefficient (Wildman–Crippen LogP) is 2.91. The zero-order valence-corrected chi connectivity index (χ0v) is 17.3. The molecule has 0 bridgehead atoms. The highest BCUT2D eigenvalue weighted by Crippen LogP contribution is 2.25. The van der Waals surface area contributed by atoms with E-state index in [1.807, 2.05) is 6.20 Å². The Balaban J connectivity index is 1.32. The Morgan fingerprint density at radius 1 is 1.14 bits per heavy atom. The zero-order chi connectivity index (χ0) is 19.9. The lowest BCUT2D eigenvalue weighted by Gasteiger charge is -2.16. The van der Waals surface area contributed by atoms with Crippen molar-refractivity contribution in [2.45, 2.75) is 39.2 Å². The highest BCUT2D eigenvalue weighted by molar-refractivity contribution is 5.79. The lowest BCUT2D eigenvalue weighted by Crippen LogP contribution is -2.38. The van der Waals surface area contributed by atoms with Gasteiger partial charge in [-0.1, -0.05) is 12.1 Å². The van der Waals surface area contributed by atoms with Crippen molar-refractivity contribution >= 4 is 11.8 Å². The van der Waals surface area contributed by atoms with Gasteiger partial charge in [-0.15, -0.1) is 0 Å². The Bertz CT molecular complexity index is 845. The van der Waals surface area contributed by atoms with Crippen LogP contribution in [-0.2, 0) is 19.4 Å². The second-order valence-electron chi connectivity index (χ2n) is 7.63. The van der Waals surface area contributed by atoms with Gasteiger partial charge in [-0.05, 0) is 61.1 Å². The number of hydrogen-bond acceptors (Lipinski definition) is 4. The largest absolute Gasteiger partial charge is 0.493 e. The molecule has 2 N–H and O–H groups in total. The molecule has 0 atom stereocenters. The van der Waals surface area contributed by atoms with Gasteiger partial charge >= 0.3 is 0 Å². The van der Waals surface area contributed by atoms with Crippen molar-refractivity contribution in [3.05, 3.63) is 53.2 Å². The van der Waals surface area contributed by atoms with E-state index in [1.54, 1.807) is 0 Å². The number of aromatic nitrogens is 1. The summed E-state index contributed by atoms with van der Waals surface area (Å²) in [6.07, 6.45) is 6.40. The second kappa shape index (κ2) is 9.63. The highest BCUT2D eigenvalue weighted by Gasteiger charge is 2.14. The van der Waals surface area contributed by atoms with Crippen LogP contribution >= 0.6 is 0 Å². The second-order valence-corrected chi connectivity index (χ2v) is 7.63. The van der Waals surface area contributed by atoms with Crippen LogP contribution in [0.4, 0.5) is 5.82 Å². The van der Waals surface area contributed by atoms with E-state index in [4.69, 9.17) is 9.73 Å². The third-order valence-electron chi connectivity index (χ3n) is 5.46. The van der Waals surface area contributed by atoms with Crippen LogP contribution in [0.1, 0.15) is 36.5 Å². The fourth-order valence-corrected chi connectivity index (χ4v) is 3.91. The Morgan fingerprint density at radius 2 is 2.03 bits per heavy atom. The maximum Gasteiger partial charge on any atom is 0.191 e. The standard InChI is InChI=1S/C23H31N5O/c1-2-24-23(26-11-7-18-5-6-21-20(15-18)9-14-29-21)27-17-19-8-10-25-22(16-19)28-12-3-4-13-28/h5-6,8,10,15-16H,2-4,7,9,11-14,17H2,1H3,(H2,24,26,27). The fourth-order valence-electron chi connectivity index (χ4n) is 3.91. The Morgan fingerprint density at radius 3 is 2.90 bits per heavy atom. The highest BCUT2D eigenvalue weighted by atomic mass is 16.5. The zero-order valence-electron chi connectivity index (χ0n) is 17.3. The molecule has 1 aromatic heterocycles. The molecule has 6 nitrogen and oxygen atoms in total. The van der Waals surface area contributed by atoms with Crippen LogP contribution in [0.3, 0.4) is 0 Å². The van der Waals surface area contributed by atoms with Gasteiger partial charge in [-0.3, -0.25) is 0 Å². The van der Waals surface area contributed by atoms with Crippen LogP contribution in [-0.4, -0.2) is 43.7 Å². The summed E-state index contributed by atoms with van der Waals surface area (Å²) in [6.45, 7) is 7.46. The first-order chi connectivity index (χ1) is 14.3. The number of pyridine rings is 1. The minimum absolute atomic E-state index is 0.648. The van der Waals surface area contributed by atoms with Crippen molar-refractivity contribution in [1.29, 1.82) is 0 Å². The summed E-state index contributed by atoms with van der Waals surface area (Å²) in [5, 5.41) is 6.80. The number of guanidine groups is 1. The molecule has 29 heavy (non-hydrogen) atoms. The summed E-state index contributed by atoms with van der Waals surface area (Å²) >= 11 is 0. The van der Waals surface area contributed by atoms with Crippen molar-refractivity contribution in [3.8, 4) is 5.75 Å². The summed E-state index contributed by atoms with van der Waals surface area (Å²) in [7, 11) is 0. The van der Waals surface area contributed by atoms with Gasteiger partial charge in [0.15, 0.2) is 5.96 Å². The van der Waals surface area contributed by atoms with Crippen molar-refractivity contribution in [3.63, 3.8) is 0 Å². The summed E-state index contributed by atoms with van der Waals surface area (Å²) in [6, 6.07) is 10.8. The first kappa shape index (κ1) is 19.6. The van der Waals surface area contributed by atoms with Crippen molar-refractivity contribution in [1.82, 2.24) is 15.6 Å². The molecule has 6 heteroatoms.